The maximum atomic E-state index is 12.3. The van der Waals surface area contributed by atoms with Crippen molar-refractivity contribution >= 4 is 28.4 Å². The van der Waals surface area contributed by atoms with Gasteiger partial charge in [-0.05, 0) is 49.1 Å². The van der Waals surface area contributed by atoms with Crippen LogP contribution < -0.4 is 9.47 Å². The highest BCUT2D eigenvalue weighted by Gasteiger charge is 2.16. The number of aryl methyl sites for hydroxylation is 1. The summed E-state index contributed by atoms with van der Waals surface area (Å²) in [5.74, 6) is 2.56. The number of aromatic hydroxyl groups is 2. The van der Waals surface area contributed by atoms with E-state index < -0.39 is 10.8 Å². The summed E-state index contributed by atoms with van der Waals surface area (Å²) in [5.41, 5.74) is 2.45. The number of benzene rings is 2. The van der Waals surface area contributed by atoms with E-state index in [0.717, 1.165) is 30.1 Å². The molecule has 1 heterocycles. The van der Waals surface area contributed by atoms with Gasteiger partial charge < -0.3 is 19.7 Å². The van der Waals surface area contributed by atoms with Crippen LogP contribution in [0, 0.1) is 6.92 Å². The molecule has 0 fully saturated rings. The Kier molecular flexibility index (Phi) is 11.7. The van der Waals surface area contributed by atoms with Crippen molar-refractivity contribution in [1.82, 2.24) is 0 Å². The van der Waals surface area contributed by atoms with Gasteiger partial charge in [-0.2, -0.15) is 0 Å². The lowest BCUT2D eigenvalue weighted by Crippen LogP contribution is -2.16. The molecular formula is C26H36O5S2. The number of hydrogen-bond donors (Lipinski definition) is 2. The molecule has 7 heteroatoms. The van der Waals surface area contributed by atoms with Crippen LogP contribution >= 0.6 is 12.2 Å². The fraction of sp³-hybridized carbons (Fsp3) is 0.500. The minimum atomic E-state index is -0.743. The second-order valence-electron chi connectivity index (χ2n) is 8.37. The number of rotatable bonds is 11. The van der Waals surface area contributed by atoms with Crippen molar-refractivity contribution in [3.8, 4) is 23.0 Å². The Labute approximate surface area is 205 Å². The Morgan fingerprint density at radius 2 is 1.73 bits per heavy atom. The lowest BCUT2D eigenvalue weighted by molar-refractivity contribution is 0.174. The monoisotopic (exact) mass is 492 g/mol. The van der Waals surface area contributed by atoms with Gasteiger partial charge in [0.05, 0.1) is 0 Å². The molecule has 1 aliphatic heterocycles. The number of unbranched alkanes of at least 4 members (excludes halogenated alkanes) is 5. The highest BCUT2D eigenvalue weighted by Crippen LogP contribution is 2.33. The average molecular weight is 493 g/mol. The standard InChI is InChI=1S/C18H28O3S.C8H8O2S/c1-3-4-5-6-7-8-11-22(19)15(2)12-16-9-10-17-18(13-16)21-14-20-17;1-5-2-6(4-11)8(10)3-7(5)9/h9-10,13,15H,3-8,11-12,14H2,1-2H3;2-4,9-10H,1H3. The normalized spacial score (nSPS) is 13.7. The molecule has 0 saturated carbocycles. The number of hydrogen-bond acceptors (Lipinski definition) is 6. The number of phenolic OH excluding ortho intramolecular Hbond substituents is 2. The third-order valence-electron chi connectivity index (χ3n) is 5.58. The van der Waals surface area contributed by atoms with Crippen molar-refractivity contribution in [3.63, 3.8) is 0 Å². The predicted molar refractivity (Wildman–Crippen MR) is 139 cm³/mol. The molecule has 0 saturated heterocycles. The van der Waals surface area contributed by atoms with E-state index in [0.29, 0.717) is 17.9 Å². The Balaban J connectivity index is 0.000000294. The molecule has 2 aromatic rings. The van der Waals surface area contributed by atoms with E-state index >= 15 is 0 Å². The molecule has 2 unspecified atom stereocenters. The number of thiocarbonyl (C=S) groups is 1. The first-order valence-electron chi connectivity index (χ1n) is 11.6. The summed E-state index contributed by atoms with van der Waals surface area (Å²) >= 11 is 4.64. The highest BCUT2D eigenvalue weighted by molar-refractivity contribution is 7.85. The highest BCUT2D eigenvalue weighted by atomic mass is 32.2. The number of ether oxygens (including phenoxy) is 2. The summed E-state index contributed by atoms with van der Waals surface area (Å²) in [6, 6.07) is 8.93. The average Bonchev–Trinajstić information content (AvgIpc) is 3.26. The quantitative estimate of drug-likeness (QED) is 0.287. The van der Waals surface area contributed by atoms with Gasteiger partial charge in [-0.1, -0.05) is 64.2 Å². The molecule has 0 bridgehead atoms. The van der Waals surface area contributed by atoms with Gasteiger partial charge in [0.25, 0.3) is 0 Å². The van der Waals surface area contributed by atoms with E-state index in [1.807, 2.05) is 18.2 Å². The van der Waals surface area contributed by atoms with Crippen molar-refractivity contribution in [1.29, 1.82) is 0 Å². The van der Waals surface area contributed by atoms with E-state index in [-0.39, 0.29) is 16.7 Å². The molecule has 33 heavy (non-hydrogen) atoms. The first-order chi connectivity index (χ1) is 15.8. The van der Waals surface area contributed by atoms with Crippen LogP contribution in [0.3, 0.4) is 0 Å². The van der Waals surface area contributed by atoms with Crippen molar-refractivity contribution in [2.75, 3.05) is 12.5 Å². The maximum absolute atomic E-state index is 12.3. The third kappa shape index (κ3) is 8.97. The van der Waals surface area contributed by atoms with E-state index in [1.165, 1.54) is 49.1 Å². The van der Waals surface area contributed by atoms with Gasteiger partial charge in [0.1, 0.15) is 11.5 Å². The Hall–Kier alpha value is -2.12. The Morgan fingerprint density at radius 1 is 1.03 bits per heavy atom. The fourth-order valence-corrected chi connectivity index (χ4v) is 4.98. The summed E-state index contributed by atoms with van der Waals surface area (Å²) in [6.45, 7) is 6.36. The lowest BCUT2D eigenvalue weighted by Gasteiger charge is -2.12. The van der Waals surface area contributed by atoms with Crippen molar-refractivity contribution in [2.45, 2.75) is 71.0 Å². The van der Waals surface area contributed by atoms with Crippen LogP contribution in [0.15, 0.2) is 30.3 Å². The van der Waals surface area contributed by atoms with Gasteiger partial charge in [-0.3, -0.25) is 4.21 Å². The Bertz CT molecular complexity index is 929. The van der Waals surface area contributed by atoms with Crippen LogP contribution in [0.1, 0.15) is 69.1 Å². The first kappa shape index (κ1) is 27.1. The molecule has 1 aliphatic rings. The molecule has 3 rings (SSSR count). The molecule has 2 N–H and O–H groups in total. The molecule has 0 spiro atoms. The smallest absolute Gasteiger partial charge is 0.231 e. The van der Waals surface area contributed by atoms with Gasteiger partial charge in [0.15, 0.2) is 11.5 Å². The van der Waals surface area contributed by atoms with Crippen LogP contribution in [0.4, 0.5) is 0 Å². The summed E-state index contributed by atoms with van der Waals surface area (Å²) in [5, 5.41) is 19.8. The molecule has 182 valence electrons. The number of fused-ring (bicyclic) bond motifs is 1. The van der Waals surface area contributed by atoms with E-state index in [2.05, 4.69) is 26.1 Å². The zero-order valence-electron chi connectivity index (χ0n) is 19.8. The van der Waals surface area contributed by atoms with Crippen LogP contribution in [-0.4, -0.2) is 37.6 Å². The molecule has 2 aromatic carbocycles. The fourth-order valence-electron chi connectivity index (χ4n) is 3.52. The second kappa shape index (κ2) is 14.2. The minimum absolute atomic E-state index is 0.0168. The van der Waals surface area contributed by atoms with E-state index in [4.69, 9.17) is 19.7 Å². The van der Waals surface area contributed by atoms with Crippen molar-refractivity contribution in [3.05, 3.63) is 47.0 Å². The molecule has 0 radical (unpaired) electrons. The van der Waals surface area contributed by atoms with Crippen molar-refractivity contribution < 1.29 is 23.9 Å². The SMILES string of the molecule is CCCCCCCCS(=O)C(C)Cc1ccc2c(c1)OCO2.Cc1cc(C=S)c(O)cc1O. The van der Waals surface area contributed by atoms with Gasteiger partial charge in [-0.15, -0.1) is 0 Å². The largest absolute Gasteiger partial charge is 0.508 e. The zero-order chi connectivity index (χ0) is 24.2. The maximum Gasteiger partial charge on any atom is 0.231 e. The van der Waals surface area contributed by atoms with Crippen LogP contribution in [0.25, 0.3) is 0 Å². The molecule has 5 nitrogen and oxygen atoms in total. The van der Waals surface area contributed by atoms with Crippen molar-refractivity contribution in [2.24, 2.45) is 0 Å². The van der Waals surface area contributed by atoms with Gasteiger partial charge in [0.2, 0.25) is 6.79 Å². The lowest BCUT2D eigenvalue weighted by atomic mass is 10.1. The number of phenols is 2. The molecule has 2 atom stereocenters. The van der Waals surface area contributed by atoms with Crippen LogP contribution in [-0.2, 0) is 17.2 Å². The molecule has 0 amide bonds. The second-order valence-corrected chi connectivity index (χ2v) is 10.6. The molecule has 0 aliphatic carbocycles. The van der Waals surface area contributed by atoms with Crippen LogP contribution in [0.5, 0.6) is 23.0 Å². The van der Waals surface area contributed by atoms with E-state index in [1.54, 1.807) is 13.0 Å². The summed E-state index contributed by atoms with van der Waals surface area (Å²) < 4.78 is 23.0. The van der Waals surface area contributed by atoms with Gasteiger partial charge >= 0.3 is 0 Å². The first-order valence-corrected chi connectivity index (χ1v) is 13.4. The summed E-state index contributed by atoms with van der Waals surface area (Å²) in [6.07, 6.45) is 8.32. The minimum Gasteiger partial charge on any atom is -0.508 e. The molecule has 0 aromatic heterocycles. The van der Waals surface area contributed by atoms with Gasteiger partial charge in [0, 0.05) is 38.8 Å². The van der Waals surface area contributed by atoms with E-state index in [9.17, 15) is 4.21 Å². The zero-order valence-corrected chi connectivity index (χ0v) is 21.5. The van der Waals surface area contributed by atoms with Gasteiger partial charge in [-0.25, -0.2) is 0 Å². The van der Waals surface area contributed by atoms with Crippen LogP contribution in [0.2, 0.25) is 0 Å². The Morgan fingerprint density at radius 3 is 2.45 bits per heavy atom. The summed E-state index contributed by atoms with van der Waals surface area (Å²) in [7, 11) is -0.743. The predicted octanol–water partition coefficient (Wildman–Crippen LogP) is 6.21. The molecular weight excluding hydrogens is 456 g/mol. The summed E-state index contributed by atoms with van der Waals surface area (Å²) in [4.78, 5) is 0. The topological polar surface area (TPSA) is 76.0 Å². The third-order valence-corrected chi connectivity index (χ3v) is 7.59.